The van der Waals surface area contributed by atoms with E-state index in [-0.39, 0.29) is 16.0 Å². The molecular formula is C16H14BrF2NS. The minimum Gasteiger partial charge on any atom is -0.312 e. The van der Waals surface area contributed by atoms with Crippen molar-refractivity contribution in [2.75, 3.05) is 12.8 Å². The molecule has 2 aromatic rings. The number of fused-ring (bicyclic) bond motifs is 1. The molecule has 0 amide bonds. The summed E-state index contributed by atoms with van der Waals surface area (Å²) in [4.78, 5) is 1.19. The van der Waals surface area contributed by atoms with Crippen molar-refractivity contribution in [2.45, 2.75) is 16.9 Å². The van der Waals surface area contributed by atoms with E-state index in [1.807, 2.05) is 18.2 Å². The number of benzene rings is 2. The van der Waals surface area contributed by atoms with Crippen molar-refractivity contribution in [3.63, 3.8) is 0 Å². The van der Waals surface area contributed by atoms with Gasteiger partial charge in [-0.05, 0) is 46.7 Å². The van der Waals surface area contributed by atoms with Crippen LogP contribution in [-0.4, -0.2) is 12.8 Å². The average molecular weight is 370 g/mol. The number of halogens is 3. The van der Waals surface area contributed by atoms with Crippen molar-refractivity contribution < 1.29 is 8.78 Å². The Morgan fingerprint density at radius 2 is 2.00 bits per heavy atom. The van der Waals surface area contributed by atoms with E-state index in [9.17, 15) is 8.78 Å². The molecule has 110 valence electrons. The zero-order valence-electron chi connectivity index (χ0n) is 11.4. The summed E-state index contributed by atoms with van der Waals surface area (Å²) in [6.45, 7) is 0. The summed E-state index contributed by atoms with van der Waals surface area (Å²) in [5.41, 5.74) is 1.26. The first-order valence-corrected chi connectivity index (χ1v) is 8.43. The number of nitrogens with one attached hydrogen (secondary N) is 1. The van der Waals surface area contributed by atoms with Gasteiger partial charge >= 0.3 is 0 Å². The van der Waals surface area contributed by atoms with Crippen LogP contribution >= 0.6 is 27.7 Å². The van der Waals surface area contributed by atoms with Crippen molar-refractivity contribution in [1.29, 1.82) is 0 Å². The van der Waals surface area contributed by atoms with E-state index in [1.54, 1.807) is 18.8 Å². The lowest BCUT2D eigenvalue weighted by Crippen LogP contribution is -2.26. The molecule has 2 aromatic carbocycles. The monoisotopic (exact) mass is 369 g/mol. The van der Waals surface area contributed by atoms with Crippen LogP contribution in [0.15, 0.2) is 45.8 Å². The lowest BCUT2D eigenvalue weighted by molar-refractivity contribution is 0.450. The molecule has 2 unspecified atom stereocenters. The van der Waals surface area contributed by atoms with Crippen LogP contribution < -0.4 is 5.32 Å². The quantitative estimate of drug-likeness (QED) is 0.774. The molecule has 0 aromatic heterocycles. The predicted octanol–water partition coefficient (Wildman–Crippen LogP) is 4.88. The molecule has 1 heterocycles. The van der Waals surface area contributed by atoms with Crippen LogP contribution in [0.4, 0.5) is 8.78 Å². The van der Waals surface area contributed by atoms with Crippen LogP contribution in [0.3, 0.4) is 0 Å². The molecular weight excluding hydrogens is 356 g/mol. The van der Waals surface area contributed by atoms with Crippen LogP contribution in [0.2, 0.25) is 0 Å². The Hall–Kier alpha value is -0.910. The van der Waals surface area contributed by atoms with Gasteiger partial charge in [-0.3, -0.25) is 0 Å². The summed E-state index contributed by atoms with van der Waals surface area (Å²) in [5.74, 6) is -0.168. The molecule has 5 heteroatoms. The summed E-state index contributed by atoms with van der Waals surface area (Å²) in [5, 5.41) is 3.10. The second kappa shape index (κ2) is 6.07. The smallest absolute Gasteiger partial charge is 0.145 e. The average Bonchev–Trinajstić information content (AvgIpc) is 2.91. The van der Waals surface area contributed by atoms with E-state index in [1.165, 1.54) is 17.0 Å². The molecule has 1 N–H and O–H groups in total. The first kappa shape index (κ1) is 15.0. The molecule has 3 rings (SSSR count). The fourth-order valence-electron chi connectivity index (χ4n) is 2.84. The standard InChI is InChI=1S/C16H14BrF2NS/c1-20-16(14-12(18)7-6-11(17)15(14)19)10-8-21-13-5-3-2-4-9(10)13/h2-7,10,16,20H,8H2,1H3. The molecule has 1 nitrogen and oxygen atoms in total. The van der Waals surface area contributed by atoms with Crippen molar-refractivity contribution in [2.24, 2.45) is 0 Å². The fraction of sp³-hybridized carbons (Fsp3) is 0.250. The zero-order valence-corrected chi connectivity index (χ0v) is 13.8. The van der Waals surface area contributed by atoms with E-state index in [2.05, 4.69) is 27.3 Å². The van der Waals surface area contributed by atoms with Crippen LogP contribution in [0.5, 0.6) is 0 Å². The van der Waals surface area contributed by atoms with Crippen LogP contribution in [0, 0.1) is 11.6 Å². The van der Waals surface area contributed by atoms with Gasteiger partial charge in [0.05, 0.1) is 4.47 Å². The Kier molecular flexibility index (Phi) is 4.33. The van der Waals surface area contributed by atoms with Gasteiger partial charge in [0.2, 0.25) is 0 Å². The second-order valence-corrected chi connectivity index (χ2v) is 6.89. The number of likely N-dealkylation sites (N-methyl/N-ethyl adjacent to an activating group) is 1. The molecule has 0 bridgehead atoms. The Morgan fingerprint density at radius 1 is 1.24 bits per heavy atom. The van der Waals surface area contributed by atoms with E-state index in [0.717, 1.165) is 11.3 Å². The largest absolute Gasteiger partial charge is 0.312 e. The summed E-state index contributed by atoms with van der Waals surface area (Å²) in [7, 11) is 1.75. The normalized spacial score (nSPS) is 18.6. The third-order valence-electron chi connectivity index (χ3n) is 3.84. The number of hydrogen-bond acceptors (Lipinski definition) is 2. The molecule has 1 aliphatic rings. The molecule has 0 saturated carbocycles. The van der Waals surface area contributed by atoms with Gasteiger partial charge in [-0.15, -0.1) is 11.8 Å². The fourth-order valence-corrected chi connectivity index (χ4v) is 4.48. The highest BCUT2D eigenvalue weighted by Crippen LogP contribution is 2.46. The molecule has 0 radical (unpaired) electrons. The highest BCUT2D eigenvalue weighted by molar-refractivity contribution is 9.10. The Bertz CT molecular complexity index is 677. The lowest BCUT2D eigenvalue weighted by atomic mass is 9.88. The third-order valence-corrected chi connectivity index (χ3v) is 5.66. The van der Waals surface area contributed by atoms with Gasteiger partial charge < -0.3 is 5.32 Å². The van der Waals surface area contributed by atoms with Gasteiger partial charge in [0, 0.05) is 28.2 Å². The number of rotatable bonds is 3. The molecule has 21 heavy (non-hydrogen) atoms. The molecule has 0 aliphatic carbocycles. The van der Waals surface area contributed by atoms with E-state index >= 15 is 0 Å². The van der Waals surface area contributed by atoms with E-state index in [4.69, 9.17) is 0 Å². The van der Waals surface area contributed by atoms with Gasteiger partial charge in [-0.2, -0.15) is 0 Å². The highest BCUT2D eigenvalue weighted by Gasteiger charge is 2.33. The zero-order chi connectivity index (χ0) is 15.0. The Morgan fingerprint density at radius 3 is 2.76 bits per heavy atom. The lowest BCUT2D eigenvalue weighted by Gasteiger charge is -2.25. The summed E-state index contributed by atoms with van der Waals surface area (Å²) >= 11 is 4.88. The number of hydrogen-bond donors (Lipinski definition) is 1. The SMILES string of the molecule is CNC(c1c(F)ccc(Br)c1F)C1CSc2ccccc21. The van der Waals surface area contributed by atoms with Crippen LogP contribution in [0.25, 0.3) is 0 Å². The van der Waals surface area contributed by atoms with Gasteiger partial charge in [0.1, 0.15) is 11.6 Å². The van der Waals surface area contributed by atoms with Crippen LogP contribution in [-0.2, 0) is 0 Å². The van der Waals surface area contributed by atoms with Gasteiger partial charge in [0.15, 0.2) is 0 Å². The van der Waals surface area contributed by atoms with Crippen LogP contribution in [0.1, 0.15) is 23.1 Å². The highest BCUT2D eigenvalue weighted by atomic mass is 79.9. The summed E-state index contributed by atoms with van der Waals surface area (Å²) in [6.07, 6.45) is 0. The van der Waals surface area contributed by atoms with Gasteiger partial charge in [0.25, 0.3) is 0 Å². The Labute approximate surface area is 135 Å². The maximum Gasteiger partial charge on any atom is 0.145 e. The summed E-state index contributed by atoms with van der Waals surface area (Å²) in [6, 6.07) is 10.4. The molecule has 0 spiro atoms. The first-order valence-electron chi connectivity index (χ1n) is 6.66. The summed E-state index contributed by atoms with van der Waals surface area (Å²) < 4.78 is 28.9. The van der Waals surface area contributed by atoms with Crippen molar-refractivity contribution in [1.82, 2.24) is 5.32 Å². The van der Waals surface area contributed by atoms with Gasteiger partial charge in [-0.25, -0.2) is 8.78 Å². The van der Waals surface area contributed by atoms with Crippen molar-refractivity contribution in [3.05, 3.63) is 63.6 Å². The first-order chi connectivity index (χ1) is 10.1. The van der Waals surface area contributed by atoms with Crippen molar-refractivity contribution in [3.8, 4) is 0 Å². The molecule has 0 saturated heterocycles. The van der Waals surface area contributed by atoms with E-state index in [0.29, 0.717) is 0 Å². The molecule has 1 aliphatic heterocycles. The van der Waals surface area contributed by atoms with Crippen molar-refractivity contribution >= 4 is 27.7 Å². The molecule has 0 fully saturated rings. The minimum absolute atomic E-state index is 0.0505. The topological polar surface area (TPSA) is 12.0 Å². The molecule has 2 atom stereocenters. The maximum absolute atomic E-state index is 14.4. The second-order valence-electron chi connectivity index (χ2n) is 4.98. The Balaban J connectivity index is 2.07. The predicted molar refractivity (Wildman–Crippen MR) is 85.8 cm³/mol. The van der Waals surface area contributed by atoms with Gasteiger partial charge in [-0.1, -0.05) is 18.2 Å². The number of thioether (sulfide) groups is 1. The maximum atomic E-state index is 14.4. The minimum atomic E-state index is -0.524. The van der Waals surface area contributed by atoms with E-state index < -0.39 is 17.7 Å². The third kappa shape index (κ3) is 2.62.